The summed E-state index contributed by atoms with van der Waals surface area (Å²) in [5, 5.41) is 3.36. The highest BCUT2D eigenvalue weighted by atomic mass is 32.2. The maximum absolute atomic E-state index is 14.0. The van der Waals surface area contributed by atoms with Crippen LogP contribution in [0.5, 0.6) is 0 Å². The maximum atomic E-state index is 14.0. The lowest BCUT2D eigenvalue weighted by atomic mass is 10.2. The molecule has 0 aliphatic rings. The number of para-hydroxylation sites is 1. The Morgan fingerprint density at radius 3 is 2.50 bits per heavy atom. The predicted molar refractivity (Wildman–Crippen MR) is 107 cm³/mol. The van der Waals surface area contributed by atoms with Crippen molar-refractivity contribution in [3.8, 4) is 0 Å². The van der Waals surface area contributed by atoms with Crippen molar-refractivity contribution in [3.05, 3.63) is 66.1 Å². The van der Waals surface area contributed by atoms with Crippen molar-refractivity contribution in [2.45, 2.75) is 31.0 Å². The molecule has 28 heavy (non-hydrogen) atoms. The van der Waals surface area contributed by atoms with E-state index >= 15 is 0 Å². The number of carbonyl (C=O) groups is 1. The number of aromatic nitrogens is 1. The van der Waals surface area contributed by atoms with E-state index in [0.717, 1.165) is 0 Å². The summed E-state index contributed by atoms with van der Waals surface area (Å²) in [5.41, 5.74) is 0.767. The van der Waals surface area contributed by atoms with E-state index in [1.54, 1.807) is 34.9 Å². The second-order valence-electron chi connectivity index (χ2n) is 7.19. The van der Waals surface area contributed by atoms with Crippen molar-refractivity contribution >= 4 is 26.6 Å². The van der Waals surface area contributed by atoms with Gasteiger partial charge in [0, 0.05) is 29.2 Å². The summed E-state index contributed by atoms with van der Waals surface area (Å²) in [5.74, 6) is -0.856. The number of hydrogen-bond donors (Lipinski definition) is 1. The van der Waals surface area contributed by atoms with Crippen molar-refractivity contribution in [2.75, 3.05) is 6.54 Å². The van der Waals surface area contributed by atoms with Crippen molar-refractivity contribution in [2.24, 2.45) is 5.92 Å². The lowest BCUT2D eigenvalue weighted by Crippen LogP contribution is -2.30. The van der Waals surface area contributed by atoms with Gasteiger partial charge in [-0.3, -0.25) is 4.79 Å². The molecule has 148 valence electrons. The van der Waals surface area contributed by atoms with E-state index in [2.05, 4.69) is 5.32 Å². The SMILES string of the molecule is CC(C)CNC(=O)Cn1cc(S(=O)(=O)Cc2ccccc2F)c2ccccc21. The third-order valence-corrected chi connectivity index (χ3v) is 6.10. The first kappa shape index (κ1) is 20.1. The molecule has 0 saturated heterocycles. The lowest BCUT2D eigenvalue weighted by molar-refractivity contribution is -0.121. The van der Waals surface area contributed by atoms with Crippen LogP contribution in [0.4, 0.5) is 4.39 Å². The topological polar surface area (TPSA) is 68.2 Å². The van der Waals surface area contributed by atoms with Gasteiger partial charge in [0.1, 0.15) is 12.4 Å². The number of benzene rings is 2. The Balaban J connectivity index is 1.95. The number of fused-ring (bicyclic) bond motifs is 1. The minimum atomic E-state index is -3.80. The van der Waals surface area contributed by atoms with Gasteiger partial charge in [0.15, 0.2) is 9.84 Å². The smallest absolute Gasteiger partial charge is 0.239 e. The maximum Gasteiger partial charge on any atom is 0.239 e. The van der Waals surface area contributed by atoms with E-state index in [9.17, 15) is 17.6 Å². The summed E-state index contributed by atoms with van der Waals surface area (Å²) in [7, 11) is -3.80. The van der Waals surface area contributed by atoms with E-state index in [4.69, 9.17) is 0 Å². The summed E-state index contributed by atoms with van der Waals surface area (Å²) in [4.78, 5) is 12.3. The molecule has 1 aromatic heterocycles. The molecule has 3 rings (SSSR count). The molecule has 3 aromatic rings. The Kier molecular flexibility index (Phi) is 5.84. The van der Waals surface area contributed by atoms with E-state index in [0.29, 0.717) is 23.4 Å². The Morgan fingerprint density at radius 1 is 1.11 bits per heavy atom. The number of nitrogens with zero attached hydrogens (tertiary/aromatic N) is 1. The van der Waals surface area contributed by atoms with Crippen LogP contribution in [0, 0.1) is 11.7 Å². The number of rotatable bonds is 7. The predicted octanol–water partition coefficient (Wildman–Crippen LogP) is 3.53. The zero-order valence-electron chi connectivity index (χ0n) is 15.9. The number of hydrogen-bond acceptors (Lipinski definition) is 3. The summed E-state index contributed by atoms with van der Waals surface area (Å²) in [6.45, 7) is 4.57. The average molecular weight is 402 g/mol. The van der Waals surface area contributed by atoms with Crippen molar-refractivity contribution < 1.29 is 17.6 Å². The van der Waals surface area contributed by atoms with Gasteiger partial charge in [-0.15, -0.1) is 0 Å². The molecule has 0 atom stereocenters. The van der Waals surface area contributed by atoms with Gasteiger partial charge < -0.3 is 9.88 Å². The van der Waals surface area contributed by atoms with E-state index in [1.807, 2.05) is 13.8 Å². The monoisotopic (exact) mass is 402 g/mol. The number of nitrogens with one attached hydrogen (secondary N) is 1. The molecule has 0 unspecified atom stereocenters. The van der Waals surface area contributed by atoms with E-state index in [1.165, 1.54) is 24.4 Å². The van der Waals surface area contributed by atoms with Gasteiger partial charge in [0.2, 0.25) is 5.91 Å². The molecular formula is C21H23FN2O3S. The van der Waals surface area contributed by atoms with Crippen LogP contribution in [-0.4, -0.2) is 25.4 Å². The number of carbonyl (C=O) groups excluding carboxylic acids is 1. The van der Waals surface area contributed by atoms with Crippen molar-refractivity contribution in [3.63, 3.8) is 0 Å². The second-order valence-corrected chi connectivity index (χ2v) is 9.14. The van der Waals surface area contributed by atoms with Crippen molar-refractivity contribution in [1.29, 1.82) is 0 Å². The highest BCUT2D eigenvalue weighted by Gasteiger charge is 2.23. The Bertz CT molecular complexity index is 1100. The highest BCUT2D eigenvalue weighted by molar-refractivity contribution is 7.90. The zero-order valence-corrected chi connectivity index (χ0v) is 16.7. The molecule has 0 fully saturated rings. The van der Waals surface area contributed by atoms with Crippen LogP contribution in [-0.2, 0) is 26.9 Å². The quantitative estimate of drug-likeness (QED) is 0.657. The molecule has 1 N–H and O–H groups in total. The zero-order chi connectivity index (χ0) is 20.3. The Labute approximate surface area is 164 Å². The number of sulfone groups is 1. The van der Waals surface area contributed by atoms with Gasteiger partial charge >= 0.3 is 0 Å². The third-order valence-electron chi connectivity index (χ3n) is 4.41. The summed E-state index contributed by atoms with van der Waals surface area (Å²) >= 11 is 0. The second kappa shape index (κ2) is 8.14. The molecule has 0 saturated carbocycles. The van der Waals surface area contributed by atoms with Crippen LogP contribution in [0.1, 0.15) is 19.4 Å². The minimum Gasteiger partial charge on any atom is -0.354 e. The standard InChI is InChI=1S/C21H23FN2O3S/c1-15(2)11-23-21(25)13-24-12-20(17-8-4-6-10-19(17)24)28(26,27)14-16-7-3-5-9-18(16)22/h3-10,12,15H,11,13-14H2,1-2H3,(H,23,25). The van der Waals surface area contributed by atoms with Crippen LogP contribution < -0.4 is 5.32 Å². The molecule has 2 aromatic carbocycles. The largest absolute Gasteiger partial charge is 0.354 e. The van der Waals surface area contributed by atoms with E-state index < -0.39 is 21.4 Å². The van der Waals surface area contributed by atoms with Crippen LogP contribution in [0.25, 0.3) is 10.9 Å². The number of halogens is 1. The summed E-state index contributed by atoms with van der Waals surface area (Å²) in [6, 6.07) is 12.8. The molecule has 0 bridgehead atoms. The molecule has 0 aliphatic heterocycles. The Hall–Kier alpha value is -2.67. The first-order valence-corrected chi connectivity index (χ1v) is 10.7. The fraction of sp³-hybridized carbons (Fsp3) is 0.286. The minimum absolute atomic E-state index is 0.0163. The molecule has 7 heteroatoms. The molecule has 1 heterocycles. The van der Waals surface area contributed by atoms with Gasteiger partial charge in [-0.1, -0.05) is 50.2 Å². The fourth-order valence-electron chi connectivity index (χ4n) is 3.02. The molecule has 1 amide bonds. The fourth-order valence-corrected chi connectivity index (χ4v) is 4.61. The average Bonchev–Trinajstić information content (AvgIpc) is 3.01. The highest BCUT2D eigenvalue weighted by Crippen LogP contribution is 2.28. The molecular weight excluding hydrogens is 379 g/mol. The summed E-state index contributed by atoms with van der Waals surface area (Å²) < 4.78 is 41.6. The van der Waals surface area contributed by atoms with Crippen molar-refractivity contribution in [1.82, 2.24) is 9.88 Å². The van der Waals surface area contributed by atoms with Crippen LogP contribution in [0.2, 0.25) is 0 Å². The van der Waals surface area contributed by atoms with Gasteiger partial charge in [-0.05, 0) is 18.1 Å². The van der Waals surface area contributed by atoms with Crippen LogP contribution in [0.15, 0.2) is 59.6 Å². The van der Waals surface area contributed by atoms with Crippen LogP contribution >= 0.6 is 0 Å². The first-order chi connectivity index (χ1) is 13.3. The van der Waals surface area contributed by atoms with Gasteiger partial charge in [0.05, 0.1) is 10.6 Å². The summed E-state index contributed by atoms with van der Waals surface area (Å²) in [6.07, 6.45) is 1.47. The molecule has 0 spiro atoms. The van der Waals surface area contributed by atoms with Gasteiger partial charge in [-0.25, -0.2) is 12.8 Å². The lowest BCUT2D eigenvalue weighted by Gasteiger charge is -2.09. The van der Waals surface area contributed by atoms with Gasteiger partial charge in [0.25, 0.3) is 0 Å². The van der Waals surface area contributed by atoms with Crippen LogP contribution in [0.3, 0.4) is 0 Å². The normalized spacial score (nSPS) is 11.9. The van der Waals surface area contributed by atoms with E-state index in [-0.39, 0.29) is 22.9 Å². The molecule has 5 nitrogen and oxygen atoms in total. The van der Waals surface area contributed by atoms with Gasteiger partial charge in [-0.2, -0.15) is 0 Å². The first-order valence-electron chi connectivity index (χ1n) is 9.08. The number of amides is 1. The molecule has 0 radical (unpaired) electrons. The molecule has 0 aliphatic carbocycles. The Morgan fingerprint density at radius 2 is 1.79 bits per heavy atom. The third kappa shape index (κ3) is 4.42.